The van der Waals surface area contributed by atoms with E-state index in [1.165, 1.54) is 19.2 Å². The van der Waals surface area contributed by atoms with Gasteiger partial charge in [0.1, 0.15) is 15.6 Å². The van der Waals surface area contributed by atoms with Crippen molar-refractivity contribution in [2.45, 2.75) is 6.18 Å². The first kappa shape index (κ1) is 15.6. The summed E-state index contributed by atoms with van der Waals surface area (Å²) in [4.78, 5) is 13.5. The van der Waals surface area contributed by atoms with Gasteiger partial charge in [0.05, 0.1) is 17.7 Å². The first-order chi connectivity index (χ1) is 9.75. The second kappa shape index (κ2) is 5.53. The summed E-state index contributed by atoms with van der Waals surface area (Å²) in [6.07, 6.45) is -4.86. The molecule has 0 aliphatic rings. The number of halogens is 4. The fourth-order valence-corrected chi connectivity index (χ4v) is 2.95. The summed E-state index contributed by atoms with van der Waals surface area (Å²) in [6, 6.07) is 4.51. The van der Waals surface area contributed by atoms with Gasteiger partial charge in [0.25, 0.3) is 0 Å². The van der Waals surface area contributed by atoms with Crippen LogP contribution in [0.3, 0.4) is 0 Å². The number of aromatic carboxylic acids is 1. The van der Waals surface area contributed by atoms with Gasteiger partial charge >= 0.3 is 12.1 Å². The van der Waals surface area contributed by atoms with E-state index in [1.807, 2.05) is 0 Å². The monoisotopic (exact) mass is 337 g/mol. The summed E-state index contributed by atoms with van der Waals surface area (Å²) in [5, 5.41) is 8.85. The number of thiazole rings is 1. The van der Waals surface area contributed by atoms with Crippen molar-refractivity contribution < 1.29 is 27.8 Å². The van der Waals surface area contributed by atoms with E-state index >= 15 is 0 Å². The molecule has 0 fully saturated rings. The van der Waals surface area contributed by atoms with Crippen LogP contribution in [0.4, 0.5) is 13.2 Å². The Morgan fingerprint density at radius 1 is 1.43 bits per heavy atom. The van der Waals surface area contributed by atoms with Crippen molar-refractivity contribution in [1.82, 2.24) is 4.98 Å². The number of nitrogens with zero attached hydrogens (tertiary/aromatic N) is 1. The molecule has 9 heteroatoms. The van der Waals surface area contributed by atoms with Gasteiger partial charge in [0.2, 0.25) is 0 Å². The predicted molar refractivity (Wildman–Crippen MR) is 71.1 cm³/mol. The molecule has 1 N–H and O–H groups in total. The minimum atomic E-state index is -4.86. The quantitative estimate of drug-likeness (QED) is 0.912. The summed E-state index contributed by atoms with van der Waals surface area (Å²) < 4.78 is 43.5. The van der Waals surface area contributed by atoms with Gasteiger partial charge in [-0.3, -0.25) is 0 Å². The topological polar surface area (TPSA) is 59.4 Å². The summed E-state index contributed by atoms with van der Waals surface area (Å²) in [5.74, 6) is -1.49. The average molecular weight is 338 g/mol. The Hall–Kier alpha value is -1.80. The van der Waals surface area contributed by atoms with Crippen molar-refractivity contribution in [2.75, 3.05) is 7.11 Å². The third kappa shape index (κ3) is 2.96. The first-order valence-corrected chi connectivity index (χ1v) is 6.59. The third-order valence-corrected chi connectivity index (χ3v) is 3.87. The van der Waals surface area contributed by atoms with Gasteiger partial charge in [-0.15, -0.1) is 11.3 Å². The number of alkyl halides is 3. The highest BCUT2D eigenvalue weighted by Gasteiger charge is 2.40. The molecule has 21 heavy (non-hydrogen) atoms. The van der Waals surface area contributed by atoms with Crippen molar-refractivity contribution in [3.05, 3.63) is 33.8 Å². The molecule has 1 aromatic carbocycles. The third-order valence-electron chi connectivity index (χ3n) is 2.50. The van der Waals surface area contributed by atoms with Gasteiger partial charge in [-0.2, -0.15) is 13.2 Å². The number of carboxylic acid groups (broad SMARTS) is 1. The number of carboxylic acids is 1. The SMILES string of the molecule is COc1cccc(Cl)c1-c1nc(C(F)(F)F)c(C(=O)O)s1. The fraction of sp³-hybridized carbons (Fsp3) is 0.167. The van der Waals surface area contributed by atoms with Crippen LogP contribution in [0.15, 0.2) is 18.2 Å². The summed E-state index contributed by atoms with van der Waals surface area (Å²) >= 11 is 6.35. The molecule has 1 heterocycles. The lowest BCUT2D eigenvalue weighted by Gasteiger charge is -2.07. The van der Waals surface area contributed by atoms with Gasteiger partial charge in [0, 0.05) is 0 Å². The van der Waals surface area contributed by atoms with Gasteiger partial charge in [-0.25, -0.2) is 9.78 Å². The number of rotatable bonds is 3. The van der Waals surface area contributed by atoms with Crippen LogP contribution in [0.2, 0.25) is 5.02 Å². The Bertz CT molecular complexity index is 700. The zero-order valence-electron chi connectivity index (χ0n) is 10.4. The van der Waals surface area contributed by atoms with Crippen LogP contribution < -0.4 is 4.74 Å². The highest BCUT2D eigenvalue weighted by atomic mass is 35.5. The molecular weight excluding hydrogens is 331 g/mol. The van der Waals surface area contributed by atoms with Gasteiger partial charge in [-0.05, 0) is 12.1 Å². The van der Waals surface area contributed by atoms with E-state index in [2.05, 4.69) is 4.98 Å². The molecule has 0 spiro atoms. The van der Waals surface area contributed by atoms with Crippen molar-refractivity contribution in [3.8, 4) is 16.3 Å². The molecule has 0 aliphatic carbocycles. The fourth-order valence-electron chi connectivity index (χ4n) is 1.65. The van der Waals surface area contributed by atoms with Crippen LogP contribution in [0.5, 0.6) is 5.75 Å². The van der Waals surface area contributed by atoms with Crippen LogP contribution in [-0.2, 0) is 6.18 Å². The number of methoxy groups -OCH3 is 1. The molecule has 0 radical (unpaired) electrons. The van der Waals surface area contributed by atoms with E-state index in [9.17, 15) is 18.0 Å². The molecule has 0 saturated carbocycles. The molecule has 4 nitrogen and oxygen atoms in total. The van der Waals surface area contributed by atoms with Crippen molar-refractivity contribution in [2.24, 2.45) is 0 Å². The molecular formula is C12H7ClF3NO3S. The maximum Gasteiger partial charge on any atom is 0.435 e. The molecule has 0 unspecified atom stereocenters. The highest BCUT2D eigenvalue weighted by Crippen LogP contribution is 2.42. The zero-order valence-corrected chi connectivity index (χ0v) is 11.9. The lowest BCUT2D eigenvalue weighted by atomic mass is 10.2. The number of aromatic nitrogens is 1. The molecule has 0 amide bonds. The minimum Gasteiger partial charge on any atom is -0.496 e. The second-order valence-electron chi connectivity index (χ2n) is 3.82. The van der Waals surface area contributed by atoms with E-state index in [1.54, 1.807) is 6.07 Å². The van der Waals surface area contributed by atoms with E-state index in [0.29, 0.717) is 11.3 Å². The van der Waals surface area contributed by atoms with E-state index in [0.717, 1.165) is 0 Å². The molecule has 1 aromatic heterocycles. The van der Waals surface area contributed by atoms with E-state index in [4.69, 9.17) is 21.4 Å². The van der Waals surface area contributed by atoms with Crippen LogP contribution in [0.1, 0.15) is 15.4 Å². The largest absolute Gasteiger partial charge is 0.496 e. The Morgan fingerprint density at radius 2 is 2.10 bits per heavy atom. The number of carbonyl (C=O) groups is 1. The lowest BCUT2D eigenvalue weighted by Crippen LogP contribution is -2.11. The van der Waals surface area contributed by atoms with Crippen LogP contribution in [0, 0.1) is 0 Å². The number of hydrogen-bond acceptors (Lipinski definition) is 4. The summed E-state index contributed by atoms with van der Waals surface area (Å²) in [5.41, 5.74) is -1.32. The predicted octanol–water partition coefficient (Wildman–Crippen LogP) is 4.19. The average Bonchev–Trinajstić information content (AvgIpc) is 2.83. The summed E-state index contributed by atoms with van der Waals surface area (Å²) in [6.45, 7) is 0. The van der Waals surface area contributed by atoms with Crippen LogP contribution in [0.25, 0.3) is 10.6 Å². The smallest absolute Gasteiger partial charge is 0.435 e. The van der Waals surface area contributed by atoms with E-state index < -0.39 is 22.7 Å². The Balaban J connectivity index is 2.70. The Morgan fingerprint density at radius 3 is 2.57 bits per heavy atom. The lowest BCUT2D eigenvalue weighted by molar-refractivity contribution is -0.141. The van der Waals surface area contributed by atoms with Gasteiger partial charge in [-0.1, -0.05) is 17.7 Å². The Labute approximate surface area is 125 Å². The number of hydrogen-bond donors (Lipinski definition) is 1. The molecule has 112 valence electrons. The maximum atomic E-state index is 12.8. The van der Waals surface area contributed by atoms with Crippen molar-refractivity contribution in [3.63, 3.8) is 0 Å². The molecule has 0 aliphatic heterocycles. The summed E-state index contributed by atoms with van der Waals surface area (Å²) in [7, 11) is 1.32. The zero-order chi connectivity index (χ0) is 15.8. The van der Waals surface area contributed by atoms with Crippen LogP contribution >= 0.6 is 22.9 Å². The first-order valence-electron chi connectivity index (χ1n) is 5.40. The molecule has 0 atom stereocenters. The Kier molecular flexibility index (Phi) is 4.11. The van der Waals surface area contributed by atoms with Crippen LogP contribution in [-0.4, -0.2) is 23.2 Å². The van der Waals surface area contributed by atoms with Gasteiger partial charge < -0.3 is 9.84 Å². The number of ether oxygens (including phenoxy) is 1. The standard InChI is InChI=1S/C12H7ClF3NO3S/c1-20-6-4-2-3-5(13)7(6)10-17-9(12(14,15)16)8(21-10)11(18)19/h2-4H,1H3,(H,18,19). The van der Waals surface area contributed by atoms with Gasteiger partial charge in [0.15, 0.2) is 5.69 Å². The number of benzene rings is 1. The highest BCUT2D eigenvalue weighted by molar-refractivity contribution is 7.17. The molecule has 2 aromatic rings. The van der Waals surface area contributed by atoms with E-state index in [-0.39, 0.29) is 21.3 Å². The van der Waals surface area contributed by atoms with Crippen molar-refractivity contribution >= 4 is 28.9 Å². The van der Waals surface area contributed by atoms with Crippen molar-refractivity contribution in [1.29, 1.82) is 0 Å². The maximum absolute atomic E-state index is 12.8. The molecule has 0 saturated heterocycles. The molecule has 0 bridgehead atoms. The molecule has 2 rings (SSSR count). The minimum absolute atomic E-state index is 0.119. The normalized spacial score (nSPS) is 11.5. The second-order valence-corrected chi connectivity index (χ2v) is 5.22.